The third-order valence-electron chi connectivity index (χ3n) is 2.27. The molecule has 0 aliphatic heterocycles. The molecule has 3 nitrogen and oxygen atoms in total. The second-order valence-corrected chi connectivity index (χ2v) is 6.85. The molecule has 0 atom stereocenters. The van der Waals surface area contributed by atoms with Crippen LogP contribution in [0, 0.1) is 2.88 Å². The van der Waals surface area contributed by atoms with Crippen molar-refractivity contribution in [1.29, 1.82) is 0 Å². The van der Waals surface area contributed by atoms with Crippen LogP contribution in [0.2, 0.25) is 0 Å². The van der Waals surface area contributed by atoms with E-state index in [0.29, 0.717) is 5.76 Å². The number of nitrogens with zero attached hydrogens (tertiary/aromatic N) is 1. The van der Waals surface area contributed by atoms with Gasteiger partial charge in [0.25, 0.3) is 0 Å². The first kappa shape index (κ1) is 13.4. The van der Waals surface area contributed by atoms with Crippen LogP contribution in [-0.4, -0.2) is 19.9 Å². The normalized spacial score (nSPS) is 11.1. The van der Waals surface area contributed by atoms with Crippen LogP contribution in [0.15, 0.2) is 34.8 Å². The molecule has 0 saturated heterocycles. The molecular formula is C13H12INO2S. The number of rotatable bonds is 4. The number of carbonyl (C=O) groups excluding carboxylic acids is 1. The zero-order chi connectivity index (χ0) is 13.1. The molecule has 0 bridgehead atoms. The van der Waals surface area contributed by atoms with Crippen molar-refractivity contribution in [3.63, 3.8) is 0 Å². The largest absolute Gasteiger partial charge is 0.441 e. The smallest absolute Gasteiger partial charge is 0.195 e. The monoisotopic (exact) mass is 373 g/mol. The lowest BCUT2D eigenvalue weighted by Crippen LogP contribution is -2.06. The Labute approximate surface area is 123 Å². The number of hydrogen-bond donors (Lipinski definition) is 0. The van der Waals surface area contributed by atoms with E-state index < -0.39 is 0 Å². The highest BCUT2D eigenvalue weighted by molar-refractivity contribution is 14.1. The average molecular weight is 373 g/mol. The highest BCUT2D eigenvalue weighted by atomic mass is 127. The molecule has 18 heavy (non-hydrogen) atoms. The van der Waals surface area contributed by atoms with Crippen molar-refractivity contribution in [2.75, 3.05) is 19.0 Å². The Bertz CT molecular complexity index is 583. The minimum atomic E-state index is 0.00530. The van der Waals surface area contributed by atoms with Gasteiger partial charge in [-0.1, -0.05) is 0 Å². The van der Waals surface area contributed by atoms with E-state index in [-0.39, 0.29) is 5.78 Å². The lowest BCUT2D eigenvalue weighted by atomic mass is 10.3. The van der Waals surface area contributed by atoms with Crippen molar-refractivity contribution in [2.24, 2.45) is 0 Å². The Morgan fingerprint density at radius 1 is 1.33 bits per heavy atom. The lowest BCUT2D eigenvalue weighted by molar-refractivity contribution is 0.105. The molecular weight excluding hydrogens is 361 g/mol. The van der Waals surface area contributed by atoms with E-state index in [2.05, 4.69) is 22.6 Å². The number of hydrogen-bond acceptors (Lipinski definition) is 4. The molecule has 94 valence electrons. The quantitative estimate of drug-likeness (QED) is 0.463. The standard InChI is InChI=1S/C13H12INO2S/c1-15(2)13-8-4-9(17-13)3-5-10(16)11-6-7-12(14)18-11/h3-8H,1-2H3/b5-3+. The van der Waals surface area contributed by atoms with E-state index in [1.807, 2.05) is 43.3 Å². The molecule has 2 aromatic heterocycles. The molecule has 5 heteroatoms. The van der Waals surface area contributed by atoms with Crippen LogP contribution >= 0.6 is 33.9 Å². The van der Waals surface area contributed by atoms with Gasteiger partial charge in [-0.2, -0.15) is 0 Å². The summed E-state index contributed by atoms with van der Waals surface area (Å²) in [5, 5.41) is 0. The maximum atomic E-state index is 11.8. The van der Waals surface area contributed by atoms with Crippen molar-refractivity contribution in [1.82, 2.24) is 0 Å². The van der Waals surface area contributed by atoms with Gasteiger partial charge in [-0.3, -0.25) is 4.79 Å². The van der Waals surface area contributed by atoms with Gasteiger partial charge in [0.15, 0.2) is 11.7 Å². The topological polar surface area (TPSA) is 33.5 Å². The Hall–Kier alpha value is -1.08. The summed E-state index contributed by atoms with van der Waals surface area (Å²) in [5.74, 6) is 1.46. The summed E-state index contributed by atoms with van der Waals surface area (Å²) in [7, 11) is 3.82. The molecule has 0 N–H and O–H groups in total. The van der Waals surface area contributed by atoms with Gasteiger partial charge in [-0.25, -0.2) is 0 Å². The van der Waals surface area contributed by atoms with E-state index in [9.17, 15) is 4.79 Å². The second kappa shape index (κ2) is 5.71. The van der Waals surface area contributed by atoms with Gasteiger partial charge in [0, 0.05) is 20.2 Å². The molecule has 0 aromatic carbocycles. The highest BCUT2D eigenvalue weighted by Crippen LogP contribution is 2.20. The zero-order valence-electron chi connectivity index (χ0n) is 10.0. The van der Waals surface area contributed by atoms with Gasteiger partial charge in [0.2, 0.25) is 0 Å². The first-order chi connectivity index (χ1) is 8.56. The molecule has 0 radical (unpaired) electrons. The van der Waals surface area contributed by atoms with Crippen LogP contribution in [0.25, 0.3) is 6.08 Å². The minimum Gasteiger partial charge on any atom is -0.441 e. The summed E-state index contributed by atoms with van der Waals surface area (Å²) >= 11 is 3.69. The predicted octanol–water partition coefficient (Wildman–Crippen LogP) is 3.91. The SMILES string of the molecule is CN(C)c1ccc(/C=C/C(=O)c2ccc(I)s2)o1. The van der Waals surface area contributed by atoms with Crippen LogP contribution in [0.4, 0.5) is 5.88 Å². The number of halogens is 1. The van der Waals surface area contributed by atoms with E-state index in [1.54, 1.807) is 12.2 Å². The molecule has 0 saturated carbocycles. The van der Waals surface area contributed by atoms with E-state index in [4.69, 9.17) is 4.42 Å². The number of carbonyl (C=O) groups is 1. The van der Waals surface area contributed by atoms with Gasteiger partial charge in [-0.05, 0) is 52.9 Å². The summed E-state index contributed by atoms with van der Waals surface area (Å²) in [6, 6.07) is 7.49. The Kier molecular flexibility index (Phi) is 4.23. The molecule has 0 spiro atoms. The Morgan fingerprint density at radius 2 is 2.11 bits per heavy atom. The summed E-state index contributed by atoms with van der Waals surface area (Å²) in [6.45, 7) is 0. The average Bonchev–Trinajstić information content (AvgIpc) is 2.94. The van der Waals surface area contributed by atoms with Crippen molar-refractivity contribution >= 4 is 51.7 Å². The summed E-state index contributed by atoms with van der Waals surface area (Å²) < 4.78 is 6.63. The van der Waals surface area contributed by atoms with Crippen LogP contribution in [0.5, 0.6) is 0 Å². The Balaban J connectivity index is 2.08. The molecule has 0 aliphatic rings. The summed E-state index contributed by atoms with van der Waals surface area (Å²) in [5.41, 5.74) is 0. The van der Waals surface area contributed by atoms with Gasteiger partial charge >= 0.3 is 0 Å². The fraction of sp³-hybridized carbons (Fsp3) is 0.154. The molecule has 0 unspecified atom stereocenters. The fourth-order valence-corrected chi connectivity index (χ4v) is 2.90. The highest BCUT2D eigenvalue weighted by Gasteiger charge is 2.06. The first-order valence-corrected chi connectivity index (χ1v) is 7.20. The van der Waals surface area contributed by atoms with Crippen molar-refractivity contribution in [3.05, 3.63) is 43.9 Å². The fourth-order valence-electron chi connectivity index (χ4n) is 1.36. The molecule has 0 fully saturated rings. The molecule has 2 heterocycles. The third kappa shape index (κ3) is 3.23. The molecule has 0 amide bonds. The number of thiophene rings is 1. The summed E-state index contributed by atoms with van der Waals surface area (Å²) in [6.07, 6.45) is 3.24. The summed E-state index contributed by atoms with van der Waals surface area (Å²) in [4.78, 5) is 14.5. The van der Waals surface area contributed by atoms with Crippen LogP contribution in [-0.2, 0) is 0 Å². The number of ketones is 1. The van der Waals surface area contributed by atoms with Crippen molar-refractivity contribution in [2.45, 2.75) is 0 Å². The van der Waals surface area contributed by atoms with Crippen molar-refractivity contribution in [3.8, 4) is 0 Å². The van der Waals surface area contributed by atoms with Gasteiger partial charge < -0.3 is 9.32 Å². The van der Waals surface area contributed by atoms with E-state index in [1.165, 1.54) is 11.3 Å². The van der Waals surface area contributed by atoms with Crippen LogP contribution in [0.1, 0.15) is 15.4 Å². The maximum Gasteiger partial charge on any atom is 0.195 e. The zero-order valence-corrected chi connectivity index (χ0v) is 13.0. The molecule has 2 aromatic rings. The van der Waals surface area contributed by atoms with Gasteiger partial charge in [0.1, 0.15) is 5.76 Å². The number of anilines is 1. The van der Waals surface area contributed by atoms with Crippen molar-refractivity contribution < 1.29 is 9.21 Å². The second-order valence-electron chi connectivity index (χ2n) is 3.87. The van der Waals surface area contributed by atoms with E-state index in [0.717, 1.165) is 13.6 Å². The minimum absolute atomic E-state index is 0.00530. The molecule has 2 rings (SSSR count). The number of allylic oxidation sites excluding steroid dienone is 1. The van der Waals surface area contributed by atoms with E-state index >= 15 is 0 Å². The third-order valence-corrected chi connectivity index (χ3v) is 4.18. The van der Waals surface area contributed by atoms with Gasteiger partial charge in [0.05, 0.1) is 7.76 Å². The maximum absolute atomic E-state index is 11.8. The Morgan fingerprint density at radius 3 is 2.67 bits per heavy atom. The predicted molar refractivity (Wildman–Crippen MR) is 83.4 cm³/mol. The first-order valence-electron chi connectivity index (χ1n) is 5.31. The molecule has 0 aliphatic carbocycles. The van der Waals surface area contributed by atoms with Gasteiger partial charge in [-0.15, -0.1) is 11.3 Å². The number of furan rings is 1. The van der Waals surface area contributed by atoms with Crippen LogP contribution in [0.3, 0.4) is 0 Å². The lowest BCUT2D eigenvalue weighted by Gasteiger charge is -2.05. The van der Waals surface area contributed by atoms with Crippen LogP contribution < -0.4 is 4.90 Å².